The van der Waals surface area contributed by atoms with Crippen molar-refractivity contribution in [2.45, 2.75) is 26.4 Å². The molecule has 0 bridgehead atoms. The third-order valence-corrected chi connectivity index (χ3v) is 2.03. The van der Waals surface area contributed by atoms with E-state index in [-0.39, 0.29) is 0 Å². The van der Waals surface area contributed by atoms with E-state index in [0.29, 0.717) is 0 Å². The molecule has 3 nitrogen and oxygen atoms in total. The molecule has 0 saturated heterocycles. The lowest BCUT2D eigenvalue weighted by atomic mass is 10.0. The van der Waals surface area contributed by atoms with Crippen molar-refractivity contribution in [2.75, 3.05) is 0 Å². The summed E-state index contributed by atoms with van der Waals surface area (Å²) >= 11 is 0. The minimum atomic E-state index is -0.580. The molecular formula is C10H16N2O. The smallest absolute Gasteiger partial charge is 0.103 e. The van der Waals surface area contributed by atoms with Gasteiger partial charge in [-0.15, -0.1) is 0 Å². The fourth-order valence-corrected chi connectivity index (χ4v) is 1.32. The fraction of sp³-hybridized carbons (Fsp3) is 0.500. The molecule has 72 valence electrons. The number of aromatic nitrogens is 2. The summed E-state index contributed by atoms with van der Waals surface area (Å²) < 4.78 is 1.72. The van der Waals surface area contributed by atoms with Crippen LogP contribution in [0.15, 0.2) is 18.3 Å². The first-order valence-corrected chi connectivity index (χ1v) is 4.42. The summed E-state index contributed by atoms with van der Waals surface area (Å²) in [7, 11) is 1.85. The lowest BCUT2D eigenvalue weighted by molar-refractivity contribution is 0.215. The van der Waals surface area contributed by atoms with Crippen LogP contribution in [0.4, 0.5) is 0 Å². The third-order valence-electron chi connectivity index (χ3n) is 2.03. The van der Waals surface area contributed by atoms with Crippen LogP contribution in [0.3, 0.4) is 0 Å². The molecule has 0 aromatic carbocycles. The van der Waals surface area contributed by atoms with Crippen LogP contribution in [-0.2, 0) is 13.5 Å². The average molecular weight is 180 g/mol. The zero-order valence-corrected chi connectivity index (χ0v) is 8.41. The van der Waals surface area contributed by atoms with Gasteiger partial charge in [0.05, 0.1) is 5.69 Å². The number of aliphatic hydroxyl groups excluding tert-OH is 1. The van der Waals surface area contributed by atoms with Crippen molar-refractivity contribution < 1.29 is 5.11 Å². The van der Waals surface area contributed by atoms with Gasteiger partial charge >= 0.3 is 0 Å². The first kappa shape index (κ1) is 9.99. The lowest BCUT2D eigenvalue weighted by Gasteiger charge is -2.08. The Balaban J connectivity index is 3.05. The Bertz CT molecular complexity index is 315. The van der Waals surface area contributed by atoms with E-state index in [1.54, 1.807) is 4.68 Å². The van der Waals surface area contributed by atoms with E-state index in [9.17, 15) is 5.11 Å². The van der Waals surface area contributed by atoms with Gasteiger partial charge in [0.25, 0.3) is 0 Å². The molecule has 0 radical (unpaired) electrons. The zero-order valence-electron chi connectivity index (χ0n) is 8.41. The Labute approximate surface area is 78.7 Å². The summed E-state index contributed by atoms with van der Waals surface area (Å²) in [5, 5.41) is 14.0. The molecule has 0 amide bonds. The largest absolute Gasteiger partial charge is 0.384 e. The van der Waals surface area contributed by atoms with E-state index in [4.69, 9.17) is 0 Å². The Morgan fingerprint density at radius 2 is 2.38 bits per heavy atom. The first-order valence-electron chi connectivity index (χ1n) is 4.42. The quantitative estimate of drug-likeness (QED) is 0.717. The van der Waals surface area contributed by atoms with E-state index in [2.05, 4.69) is 11.7 Å². The lowest BCUT2D eigenvalue weighted by Crippen LogP contribution is -1.99. The molecule has 1 unspecified atom stereocenters. The maximum absolute atomic E-state index is 9.77. The van der Waals surface area contributed by atoms with Crippen LogP contribution >= 0.6 is 0 Å². The highest BCUT2D eigenvalue weighted by molar-refractivity contribution is 5.25. The Morgan fingerprint density at radius 1 is 1.77 bits per heavy atom. The predicted molar refractivity (Wildman–Crippen MR) is 52.4 cm³/mol. The molecule has 1 heterocycles. The number of hydrogen-bond donors (Lipinski definition) is 1. The molecule has 1 atom stereocenters. The number of nitrogens with zero attached hydrogens (tertiary/aromatic N) is 2. The topological polar surface area (TPSA) is 38.0 Å². The number of aryl methyl sites for hydroxylation is 2. The van der Waals surface area contributed by atoms with Gasteiger partial charge in [-0.2, -0.15) is 5.10 Å². The molecular weight excluding hydrogens is 164 g/mol. The molecule has 3 heteroatoms. The Kier molecular flexibility index (Phi) is 2.88. The SMILES string of the molecule is C=C(C)C(O)c1cn(C)nc1CC. The maximum Gasteiger partial charge on any atom is 0.103 e. The van der Waals surface area contributed by atoms with Crippen LogP contribution in [-0.4, -0.2) is 14.9 Å². The monoisotopic (exact) mass is 180 g/mol. The Hall–Kier alpha value is -1.09. The molecule has 0 spiro atoms. The fourth-order valence-electron chi connectivity index (χ4n) is 1.32. The molecule has 0 aliphatic rings. The van der Waals surface area contributed by atoms with Crippen LogP contribution in [0, 0.1) is 0 Å². The summed E-state index contributed by atoms with van der Waals surface area (Å²) in [5.41, 5.74) is 2.57. The molecule has 0 aliphatic heterocycles. The molecule has 0 saturated carbocycles. The van der Waals surface area contributed by atoms with Crippen molar-refractivity contribution in [1.29, 1.82) is 0 Å². The second kappa shape index (κ2) is 3.75. The van der Waals surface area contributed by atoms with E-state index < -0.39 is 6.10 Å². The number of aliphatic hydroxyl groups is 1. The summed E-state index contributed by atoms with van der Waals surface area (Å²) in [6.45, 7) is 7.57. The average Bonchev–Trinajstić information content (AvgIpc) is 2.45. The summed E-state index contributed by atoms with van der Waals surface area (Å²) in [6, 6.07) is 0. The molecule has 1 rings (SSSR count). The summed E-state index contributed by atoms with van der Waals surface area (Å²) in [5.74, 6) is 0. The van der Waals surface area contributed by atoms with Gasteiger partial charge in [0.1, 0.15) is 6.10 Å². The highest BCUT2D eigenvalue weighted by Crippen LogP contribution is 2.22. The molecule has 1 aromatic heterocycles. The minimum absolute atomic E-state index is 0.580. The van der Waals surface area contributed by atoms with Crippen molar-refractivity contribution in [1.82, 2.24) is 9.78 Å². The number of rotatable bonds is 3. The van der Waals surface area contributed by atoms with Crippen LogP contribution in [0.2, 0.25) is 0 Å². The van der Waals surface area contributed by atoms with Gasteiger partial charge in [0.15, 0.2) is 0 Å². The zero-order chi connectivity index (χ0) is 10.0. The van der Waals surface area contributed by atoms with Gasteiger partial charge in [-0.05, 0) is 18.9 Å². The molecule has 1 N–H and O–H groups in total. The molecule has 0 fully saturated rings. The second-order valence-electron chi connectivity index (χ2n) is 3.31. The van der Waals surface area contributed by atoms with E-state index in [1.165, 1.54) is 0 Å². The van der Waals surface area contributed by atoms with Gasteiger partial charge in [-0.1, -0.05) is 13.5 Å². The molecule has 0 aliphatic carbocycles. The van der Waals surface area contributed by atoms with Gasteiger partial charge in [-0.25, -0.2) is 0 Å². The summed E-state index contributed by atoms with van der Waals surface area (Å²) in [6.07, 6.45) is 2.10. The normalized spacial score (nSPS) is 12.9. The number of hydrogen-bond acceptors (Lipinski definition) is 2. The van der Waals surface area contributed by atoms with Crippen molar-refractivity contribution in [3.63, 3.8) is 0 Å². The van der Waals surface area contributed by atoms with Crippen molar-refractivity contribution in [2.24, 2.45) is 7.05 Å². The molecule has 13 heavy (non-hydrogen) atoms. The van der Waals surface area contributed by atoms with Crippen LogP contribution in [0.25, 0.3) is 0 Å². The van der Waals surface area contributed by atoms with Gasteiger partial charge in [-0.3, -0.25) is 4.68 Å². The van der Waals surface area contributed by atoms with Gasteiger partial charge < -0.3 is 5.11 Å². The van der Waals surface area contributed by atoms with Crippen LogP contribution in [0.5, 0.6) is 0 Å². The van der Waals surface area contributed by atoms with Crippen LogP contribution < -0.4 is 0 Å². The highest BCUT2D eigenvalue weighted by Gasteiger charge is 2.14. The van der Waals surface area contributed by atoms with Gasteiger partial charge in [0, 0.05) is 18.8 Å². The van der Waals surface area contributed by atoms with Crippen molar-refractivity contribution in [3.8, 4) is 0 Å². The maximum atomic E-state index is 9.77. The van der Waals surface area contributed by atoms with E-state index in [1.807, 2.05) is 27.1 Å². The van der Waals surface area contributed by atoms with Gasteiger partial charge in [0.2, 0.25) is 0 Å². The highest BCUT2D eigenvalue weighted by atomic mass is 16.3. The standard InChI is InChI=1S/C10H16N2O/c1-5-9-8(6-12(4)11-9)10(13)7(2)3/h6,10,13H,2,5H2,1,3-4H3. The van der Waals surface area contributed by atoms with Crippen molar-refractivity contribution >= 4 is 0 Å². The van der Waals surface area contributed by atoms with E-state index >= 15 is 0 Å². The van der Waals surface area contributed by atoms with Crippen LogP contribution in [0.1, 0.15) is 31.2 Å². The van der Waals surface area contributed by atoms with E-state index in [0.717, 1.165) is 23.3 Å². The summed E-state index contributed by atoms with van der Waals surface area (Å²) in [4.78, 5) is 0. The van der Waals surface area contributed by atoms with Crippen molar-refractivity contribution in [3.05, 3.63) is 29.6 Å². The minimum Gasteiger partial charge on any atom is -0.384 e. The molecule has 1 aromatic rings. The predicted octanol–water partition coefficient (Wildman–Crippen LogP) is 1.59. The first-order chi connectivity index (χ1) is 6.06. The third kappa shape index (κ3) is 1.98. The second-order valence-corrected chi connectivity index (χ2v) is 3.31. The Morgan fingerprint density at radius 3 is 2.85 bits per heavy atom.